The van der Waals surface area contributed by atoms with E-state index in [-0.39, 0.29) is 5.75 Å². The van der Waals surface area contributed by atoms with Crippen molar-refractivity contribution in [2.24, 2.45) is 0 Å². The quantitative estimate of drug-likeness (QED) is 0.750. The van der Waals surface area contributed by atoms with E-state index in [1.165, 1.54) is 0 Å². The molecular formula is C11H14N2O2. The molecular weight excluding hydrogens is 192 g/mol. The molecule has 0 unspecified atom stereocenters. The summed E-state index contributed by atoms with van der Waals surface area (Å²) >= 11 is 0. The van der Waals surface area contributed by atoms with Gasteiger partial charge in [-0.1, -0.05) is 0 Å². The zero-order chi connectivity index (χ0) is 10.7. The number of nitrogens with one attached hydrogen (secondary N) is 1. The minimum absolute atomic E-state index is 0.259. The van der Waals surface area contributed by atoms with Gasteiger partial charge in [0.1, 0.15) is 11.6 Å². The Kier molecular flexibility index (Phi) is 2.87. The van der Waals surface area contributed by atoms with Crippen molar-refractivity contribution >= 4 is 11.0 Å². The van der Waals surface area contributed by atoms with E-state index in [0.29, 0.717) is 0 Å². The number of phenols is 1. The largest absolute Gasteiger partial charge is 0.508 e. The SMILES string of the molecule is COCCCc1nc2ccc(O)cc2[nH]1. The van der Waals surface area contributed by atoms with Crippen LogP contribution < -0.4 is 0 Å². The van der Waals surface area contributed by atoms with E-state index in [9.17, 15) is 5.11 Å². The molecule has 2 rings (SSSR count). The number of hydrogen-bond donors (Lipinski definition) is 2. The molecule has 0 fully saturated rings. The van der Waals surface area contributed by atoms with Crippen molar-refractivity contribution in [2.45, 2.75) is 12.8 Å². The van der Waals surface area contributed by atoms with Gasteiger partial charge >= 0.3 is 0 Å². The maximum Gasteiger partial charge on any atom is 0.117 e. The normalized spacial score (nSPS) is 11.0. The minimum atomic E-state index is 0.259. The molecule has 0 aliphatic rings. The van der Waals surface area contributed by atoms with Crippen molar-refractivity contribution in [2.75, 3.05) is 13.7 Å². The van der Waals surface area contributed by atoms with Crippen LogP contribution in [0.15, 0.2) is 18.2 Å². The second-order valence-electron chi connectivity index (χ2n) is 3.48. The molecule has 80 valence electrons. The topological polar surface area (TPSA) is 58.1 Å². The van der Waals surface area contributed by atoms with Crippen LogP contribution in [0.4, 0.5) is 0 Å². The van der Waals surface area contributed by atoms with E-state index >= 15 is 0 Å². The van der Waals surface area contributed by atoms with Crippen LogP contribution in [0.5, 0.6) is 5.75 Å². The fourth-order valence-corrected chi connectivity index (χ4v) is 1.55. The monoisotopic (exact) mass is 206 g/mol. The van der Waals surface area contributed by atoms with E-state index in [2.05, 4.69) is 9.97 Å². The van der Waals surface area contributed by atoms with Crippen molar-refractivity contribution in [3.05, 3.63) is 24.0 Å². The number of imidazole rings is 1. The van der Waals surface area contributed by atoms with Crippen LogP contribution >= 0.6 is 0 Å². The van der Waals surface area contributed by atoms with Crippen LogP contribution in [0.1, 0.15) is 12.2 Å². The summed E-state index contributed by atoms with van der Waals surface area (Å²) in [6, 6.07) is 5.13. The highest BCUT2D eigenvalue weighted by Gasteiger charge is 2.02. The Morgan fingerprint density at radius 3 is 3.13 bits per heavy atom. The molecule has 1 aromatic heterocycles. The van der Waals surface area contributed by atoms with Gasteiger partial charge in [-0.15, -0.1) is 0 Å². The van der Waals surface area contributed by atoms with Crippen LogP contribution in [0.2, 0.25) is 0 Å². The smallest absolute Gasteiger partial charge is 0.117 e. The van der Waals surface area contributed by atoms with Crippen molar-refractivity contribution in [1.29, 1.82) is 0 Å². The summed E-state index contributed by atoms with van der Waals surface area (Å²) in [5.74, 6) is 1.20. The lowest BCUT2D eigenvalue weighted by atomic mass is 10.3. The fourth-order valence-electron chi connectivity index (χ4n) is 1.55. The van der Waals surface area contributed by atoms with Gasteiger partial charge in [0.25, 0.3) is 0 Å². The van der Waals surface area contributed by atoms with Crippen molar-refractivity contribution in [1.82, 2.24) is 9.97 Å². The molecule has 0 spiro atoms. The first-order valence-electron chi connectivity index (χ1n) is 4.96. The van der Waals surface area contributed by atoms with Gasteiger partial charge in [0.2, 0.25) is 0 Å². The molecule has 0 radical (unpaired) electrons. The first-order valence-corrected chi connectivity index (χ1v) is 4.96. The minimum Gasteiger partial charge on any atom is -0.508 e. The Bertz CT molecular complexity index is 451. The Balaban J connectivity index is 2.16. The first-order chi connectivity index (χ1) is 7.29. The lowest BCUT2D eigenvalue weighted by molar-refractivity contribution is 0.194. The molecule has 0 saturated heterocycles. The summed E-state index contributed by atoms with van der Waals surface area (Å²) in [6.45, 7) is 0.738. The van der Waals surface area contributed by atoms with E-state index in [4.69, 9.17) is 4.74 Å². The number of aromatic nitrogens is 2. The number of rotatable bonds is 4. The van der Waals surface area contributed by atoms with Crippen LogP contribution in [-0.4, -0.2) is 28.8 Å². The lowest BCUT2D eigenvalue weighted by Crippen LogP contribution is -1.93. The molecule has 0 atom stereocenters. The second kappa shape index (κ2) is 4.31. The highest BCUT2D eigenvalue weighted by Crippen LogP contribution is 2.17. The Hall–Kier alpha value is -1.55. The maximum atomic E-state index is 9.29. The van der Waals surface area contributed by atoms with Gasteiger partial charge in [0.15, 0.2) is 0 Å². The maximum absolute atomic E-state index is 9.29. The molecule has 0 amide bonds. The number of H-pyrrole nitrogens is 1. The Labute approximate surface area is 87.9 Å². The summed E-state index contributed by atoms with van der Waals surface area (Å²) in [6.07, 6.45) is 1.81. The lowest BCUT2D eigenvalue weighted by Gasteiger charge is -1.95. The molecule has 15 heavy (non-hydrogen) atoms. The van der Waals surface area contributed by atoms with Crippen LogP contribution in [0.3, 0.4) is 0 Å². The molecule has 1 heterocycles. The Morgan fingerprint density at radius 1 is 1.47 bits per heavy atom. The summed E-state index contributed by atoms with van der Waals surface area (Å²) < 4.78 is 4.98. The zero-order valence-corrected chi connectivity index (χ0v) is 8.66. The summed E-state index contributed by atoms with van der Waals surface area (Å²) in [5.41, 5.74) is 1.77. The molecule has 4 heteroatoms. The van der Waals surface area contributed by atoms with Gasteiger partial charge < -0.3 is 14.8 Å². The van der Waals surface area contributed by atoms with Crippen LogP contribution in [0.25, 0.3) is 11.0 Å². The number of fused-ring (bicyclic) bond motifs is 1. The van der Waals surface area contributed by atoms with Crippen molar-refractivity contribution < 1.29 is 9.84 Å². The fraction of sp³-hybridized carbons (Fsp3) is 0.364. The number of aromatic hydroxyl groups is 1. The number of benzene rings is 1. The third-order valence-corrected chi connectivity index (χ3v) is 2.28. The van der Waals surface area contributed by atoms with E-state index in [0.717, 1.165) is 36.3 Å². The van der Waals surface area contributed by atoms with Gasteiger partial charge in [-0.05, 0) is 18.6 Å². The van der Waals surface area contributed by atoms with E-state index < -0.39 is 0 Å². The van der Waals surface area contributed by atoms with Crippen LogP contribution in [0, 0.1) is 0 Å². The summed E-state index contributed by atoms with van der Waals surface area (Å²) in [7, 11) is 1.69. The number of aryl methyl sites for hydroxylation is 1. The van der Waals surface area contributed by atoms with Gasteiger partial charge in [0.05, 0.1) is 11.0 Å². The molecule has 0 saturated carbocycles. The molecule has 0 aliphatic carbocycles. The first kappa shape index (κ1) is 9.98. The third-order valence-electron chi connectivity index (χ3n) is 2.28. The number of hydrogen-bond acceptors (Lipinski definition) is 3. The summed E-state index contributed by atoms with van der Waals surface area (Å²) in [5, 5.41) is 9.29. The average molecular weight is 206 g/mol. The number of phenolic OH excluding ortho intramolecular Hbond substituents is 1. The number of ether oxygens (including phenoxy) is 1. The molecule has 0 bridgehead atoms. The number of nitrogens with zero attached hydrogens (tertiary/aromatic N) is 1. The highest BCUT2D eigenvalue weighted by molar-refractivity contribution is 5.76. The zero-order valence-electron chi connectivity index (χ0n) is 8.66. The van der Waals surface area contributed by atoms with Gasteiger partial charge in [-0.2, -0.15) is 0 Å². The predicted molar refractivity (Wildman–Crippen MR) is 58.0 cm³/mol. The molecule has 4 nitrogen and oxygen atoms in total. The molecule has 2 aromatic rings. The second-order valence-corrected chi connectivity index (χ2v) is 3.48. The standard InChI is InChI=1S/C11H14N2O2/c1-15-6-2-3-11-12-9-5-4-8(14)7-10(9)13-11/h4-5,7,14H,2-3,6H2,1H3,(H,12,13). The summed E-state index contributed by atoms with van der Waals surface area (Å²) in [4.78, 5) is 7.57. The van der Waals surface area contributed by atoms with Crippen LogP contribution in [-0.2, 0) is 11.2 Å². The predicted octanol–water partition coefficient (Wildman–Crippen LogP) is 1.85. The number of aromatic amines is 1. The average Bonchev–Trinajstić information content (AvgIpc) is 2.60. The van der Waals surface area contributed by atoms with Gasteiger partial charge in [-0.3, -0.25) is 0 Å². The molecule has 2 N–H and O–H groups in total. The van der Waals surface area contributed by atoms with Crippen molar-refractivity contribution in [3.63, 3.8) is 0 Å². The number of methoxy groups -OCH3 is 1. The molecule has 0 aliphatic heterocycles. The van der Waals surface area contributed by atoms with Gasteiger partial charge in [-0.25, -0.2) is 4.98 Å². The Morgan fingerprint density at radius 2 is 2.33 bits per heavy atom. The van der Waals surface area contributed by atoms with Gasteiger partial charge in [0, 0.05) is 26.2 Å². The highest BCUT2D eigenvalue weighted by atomic mass is 16.5. The van der Waals surface area contributed by atoms with E-state index in [1.807, 2.05) is 0 Å². The van der Waals surface area contributed by atoms with E-state index in [1.54, 1.807) is 25.3 Å². The third kappa shape index (κ3) is 2.27. The molecule has 1 aromatic carbocycles. The van der Waals surface area contributed by atoms with Crippen molar-refractivity contribution in [3.8, 4) is 5.75 Å².